The molecule has 1 aliphatic rings. The minimum absolute atomic E-state index is 0.0178. The van der Waals surface area contributed by atoms with Gasteiger partial charge in [0.2, 0.25) is 0 Å². The summed E-state index contributed by atoms with van der Waals surface area (Å²) in [4.78, 5) is 25.1. The number of non-ortho nitro benzene ring substituents is 1. The molecular weight excluding hydrogens is 344 g/mol. The molecule has 1 amide bonds. The average Bonchev–Trinajstić information content (AvgIpc) is 2.67. The quantitative estimate of drug-likeness (QED) is 0.571. The van der Waals surface area contributed by atoms with Crippen molar-refractivity contribution in [3.63, 3.8) is 0 Å². The van der Waals surface area contributed by atoms with E-state index in [1.165, 1.54) is 12.1 Å². The lowest BCUT2D eigenvalue weighted by atomic mass is 10.0. The number of nitro groups is 1. The van der Waals surface area contributed by atoms with Gasteiger partial charge in [-0.05, 0) is 37.8 Å². The van der Waals surface area contributed by atoms with E-state index in [2.05, 4.69) is 6.92 Å². The van der Waals surface area contributed by atoms with E-state index in [0.29, 0.717) is 17.7 Å². The van der Waals surface area contributed by atoms with E-state index in [-0.39, 0.29) is 24.2 Å². The average molecular weight is 368 g/mol. The standard InChI is InChI=1S/C21H24N2O4/c1-16-7-5-6-12-22(16)21(24)15-27-20-11-10-19(23(25)26)14-18(20)13-17-8-3-2-4-9-17/h2-4,8-11,14,16H,5-7,12-13,15H2,1H3. The molecule has 1 saturated heterocycles. The van der Waals surface area contributed by atoms with Crippen molar-refractivity contribution in [1.82, 2.24) is 4.90 Å². The Labute approximate surface area is 158 Å². The lowest BCUT2D eigenvalue weighted by Gasteiger charge is -2.33. The molecule has 1 fully saturated rings. The van der Waals surface area contributed by atoms with Gasteiger partial charge < -0.3 is 9.64 Å². The van der Waals surface area contributed by atoms with Crippen LogP contribution in [0.15, 0.2) is 48.5 Å². The topological polar surface area (TPSA) is 72.7 Å². The highest BCUT2D eigenvalue weighted by Crippen LogP contribution is 2.27. The Balaban J connectivity index is 1.75. The monoisotopic (exact) mass is 368 g/mol. The van der Waals surface area contributed by atoms with Crippen LogP contribution in [0.25, 0.3) is 0 Å². The zero-order valence-corrected chi connectivity index (χ0v) is 15.5. The van der Waals surface area contributed by atoms with Gasteiger partial charge in [0.15, 0.2) is 6.61 Å². The highest BCUT2D eigenvalue weighted by atomic mass is 16.6. The van der Waals surface area contributed by atoms with Gasteiger partial charge in [-0.15, -0.1) is 0 Å². The van der Waals surface area contributed by atoms with Crippen molar-refractivity contribution in [3.05, 3.63) is 69.8 Å². The third kappa shape index (κ3) is 4.84. The van der Waals surface area contributed by atoms with Crippen LogP contribution in [0.3, 0.4) is 0 Å². The van der Waals surface area contributed by atoms with Crippen LogP contribution in [-0.4, -0.2) is 34.9 Å². The van der Waals surface area contributed by atoms with Gasteiger partial charge in [0.05, 0.1) is 4.92 Å². The Morgan fingerprint density at radius 1 is 1.22 bits per heavy atom. The first kappa shape index (κ1) is 18.9. The molecule has 1 unspecified atom stereocenters. The first-order chi connectivity index (χ1) is 13.0. The third-order valence-electron chi connectivity index (χ3n) is 4.97. The number of hydrogen-bond donors (Lipinski definition) is 0. The van der Waals surface area contributed by atoms with E-state index >= 15 is 0 Å². The zero-order valence-electron chi connectivity index (χ0n) is 15.5. The smallest absolute Gasteiger partial charge is 0.269 e. The number of rotatable bonds is 6. The van der Waals surface area contributed by atoms with Crippen LogP contribution < -0.4 is 4.74 Å². The predicted molar refractivity (Wildman–Crippen MR) is 103 cm³/mol. The molecule has 0 N–H and O–H groups in total. The maximum atomic E-state index is 12.5. The fraction of sp³-hybridized carbons (Fsp3) is 0.381. The van der Waals surface area contributed by atoms with Crippen molar-refractivity contribution >= 4 is 11.6 Å². The van der Waals surface area contributed by atoms with E-state index in [9.17, 15) is 14.9 Å². The lowest BCUT2D eigenvalue weighted by molar-refractivity contribution is -0.384. The summed E-state index contributed by atoms with van der Waals surface area (Å²) in [6, 6.07) is 14.5. The molecule has 0 aromatic heterocycles. The number of amides is 1. The molecule has 3 rings (SSSR count). The molecule has 142 valence electrons. The van der Waals surface area contributed by atoms with Gasteiger partial charge >= 0.3 is 0 Å². The molecule has 0 saturated carbocycles. The fourth-order valence-electron chi connectivity index (χ4n) is 3.47. The summed E-state index contributed by atoms with van der Waals surface area (Å²) in [6.07, 6.45) is 3.69. The summed E-state index contributed by atoms with van der Waals surface area (Å²) in [5.74, 6) is 0.480. The Kier molecular flexibility index (Phi) is 6.06. The number of ether oxygens (including phenoxy) is 1. The number of hydrogen-bond acceptors (Lipinski definition) is 4. The van der Waals surface area contributed by atoms with Crippen LogP contribution in [0.4, 0.5) is 5.69 Å². The normalized spacial score (nSPS) is 16.8. The molecule has 0 aliphatic carbocycles. The molecular formula is C21H24N2O4. The van der Waals surface area contributed by atoms with Crippen LogP contribution in [0.2, 0.25) is 0 Å². The molecule has 0 bridgehead atoms. The first-order valence-electron chi connectivity index (χ1n) is 9.28. The molecule has 0 spiro atoms. The summed E-state index contributed by atoms with van der Waals surface area (Å²) >= 11 is 0. The van der Waals surface area contributed by atoms with Crippen LogP contribution in [0.1, 0.15) is 37.3 Å². The van der Waals surface area contributed by atoms with Crippen molar-refractivity contribution < 1.29 is 14.5 Å². The summed E-state index contributed by atoms with van der Waals surface area (Å²) in [5, 5.41) is 11.1. The number of benzene rings is 2. The maximum absolute atomic E-state index is 12.5. The summed E-state index contributed by atoms with van der Waals surface area (Å²) < 4.78 is 5.79. The van der Waals surface area contributed by atoms with Gasteiger partial charge in [0.25, 0.3) is 11.6 Å². The molecule has 2 aromatic carbocycles. The van der Waals surface area contributed by atoms with E-state index in [1.807, 2.05) is 35.2 Å². The Morgan fingerprint density at radius 2 is 2.00 bits per heavy atom. The second kappa shape index (κ2) is 8.66. The predicted octanol–water partition coefficient (Wildman–Crippen LogP) is 3.97. The number of nitrogens with zero attached hydrogens (tertiary/aromatic N) is 2. The molecule has 27 heavy (non-hydrogen) atoms. The van der Waals surface area contributed by atoms with Crippen molar-refractivity contribution in [2.75, 3.05) is 13.2 Å². The Morgan fingerprint density at radius 3 is 2.70 bits per heavy atom. The van der Waals surface area contributed by atoms with E-state index < -0.39 is 4.92 Å². The zero-order chi connectivity index (χ0) is 19.2. The fourth-order valence-corrected chi connectivity index (χ4v) is 3.47. The van der Waals surface area contributed by atoms with Crippen molar-refractivity contribution in [1.29, 1.82) is 0 Å². The van der Waals surface area contributed by atoms with Crippen LogP contribution in [-0.2, 0) is 11.2 Å². The SMILES string of the molecule is CC1CCCCN1C(=O)COc1ccc([N+](=O)[O-])cc1Cc1ccccc1. The van der Waals surface area contributed by atoms with Crippen molar-refractivity contribution in [2.24, 2.45) is 0 Å². The molecule has 6 heteroatoms. The van der Waals surface area contributed by atoms with Crippen LogP contribution in [0, 0.1) is 10.1 Å². The number of nitro benzene ring substituents is 1. The second-order valence-electron chi connectivity index (χ2n) is 6.93. The summed E-state index contributed by atoms with van der Waals surface area (Å²) in [5.41, 5.74) is 1.75. The summed E-state index contributed by atoms with van der Waals surface area (Å²) in [6.45, 7) is 2.77. The van der Waals surface area contributed by atoms with E-state index in [1.54, 1.807) is 6.07 Å². The molecule has 6 nitrogen and oxygen atoms in total. The molecule has 0 radical (unpaired) electrons. The molecule has 2 aromatic rings. The van der Waals surface area contributed by atoms with Gasteiger partial charge in [0.1, 0.15) is 5.75 Å². The van der Waals surface area contributed by atoms with Gasteiger partial charge in [-0.3, -0.25) is 14.9 Å². The highest BCUT2D eigenvalue weighted by Gasteiger charge is 2.23. The van der Waals surface area contributed by atoms with Gasteiger partial charge in [0, 0.05) is 36.7 Å². The van der Waals surface area contributed by atoms with E-state index in [4.69, 9.17) is 4.74 Å². The first-order valence-corrected chi connectivity index (χ1v) is 9.28. The summed E-state index contributed by atoms with van der Waals surface area (Å²) in [7, 11) is 0. The van der Waals surface area contributed by atoms with Crippen molar-refractivity contribution in [2.45, 2.75) is 38.6 Å². The Hall–Kier alpha value is -2.89. The maximum Gasteiger partial charge on any atom is 0.269 e. The number of carbonyl (C=O) groups excluding carboxylic acids is 1. The molecule has 1 aliphatic heterocycles. The van der Waals surface area contributed by atoms with Gasteiger partial charge in [-0.25, -0.2) is 0 Å². The van der Waals surface area contributed by atoms with Gasteiger partial charge in [-0.1, -0.05) is 30.3 Å². The minimum Gasteiger partial charge on any atom is -0.483 e. The lowest BCUT2D eigenvalue weighted by Crippen LogP contribution is -2.44. The van der Waals surface area contributed by atoms with Gasteiger partial charge in [-0.2, -0.15) is 0 Å². The number of piperidine rings is 1. The minimum atomic E-state index is -0.418. The van der Waals surface area contributed by atoms with E-state index in [0.717, 1.165) is 31.4 Å². The third-order valence-corrected chi connectivity index (χ3v) is 4.97. The number of carbonyl (C=O) groups is 1. The van der Waals surface area contributed by atoms with Crippen molar-refractivity contribution in [3.8, 4) is 5.75 Å². The largest absolute Gasteiger partial charge is 0.483 e. The molecule has 1 atom stereocenters. The number of likely N-dealkylation sites (tertiary alicyclic amines) is 1. The Bertz CT molecular complexity index is 807. The van der Waals surface area contributed by atoms with Crippen LogP contribution >= 0.6 is 0 Å². The van der Waals surface area contributed by atoms with Crippen LogP contribution in [0.5, 0.6) is 5.75 Å². The highest BCUT2D eigenvalue weighted by molar-refractivity contribution is 5.78. The second-order valence-corrected chi connectivity index (χ2v) is 6.93. The molecule has 1 heterocycles.